The van der Waals surface area contributed by atoms with Gasteiger partial charge in [0.05, 0.1) is 0 Å². The van der Waals surface area contributed by atoms with Crippen LogP contribution in [-0.4, -0.2) is 11.9 Å². The maximum absolute atomic E-state index is 12.3. The number of nitrogens with one attached hydrogen (secondary N) is 1. The summed E-state index contributed by atoms with van der Waals surface area (Å²) in [6.45, 7) is 6.87. The van der Waals surface area contributed by atoms with Gasteiger partial charge in [-0.15, -0.1) is 0 Å². The van der Waals surface area contributed by atoms with E-state index >= 15 is 0 Å². The van der Waals surface area contributed by atoms with Gasteiger partial charge in [-0.2, -0.15) is 0 Å². The van der Waals surface area contributed by atoms with Gasteiger partial charge in [0.2, 0.25) is 0 Å². The molecule has 0 radical (unpaired) electrons. The molecule has 0 aliphatic heterocycles. The van der Waals surface area contributed by atoms with Gasteiger partial charge in [-0.3, -0.25) is 4.79 Å². The van der Waals surface area contributed by atoms with E-state index in [0.29, 0.717) is 23.8 Å². The Kier molecular flexibility index (Phi) is 4.62. The molecule has 0 spiro atoms. The third-order valence-corrected chi connectivity index (χ3v) is 4.42. The summed E-state index contributed by atoms with van der Waals surface area (Å²) < 4.78 is 0. The van der Waals surface area contributed by atoms with Crippen molar-refractivity contribution in [2.45, 2.75) is 46.1 Å². The molecule has 0 heterocycles. The molecule has 3 atom stereocenters. The molecule has 19 heavy (non-hydrogen) atoms. The zero-order valence-corrected chi connectivity index (χ0v) is 12.2. The SMILES string of the molecule is CC(C)C1C(C)CCCC1NC(=O)c1ccccc1. The monoisotopic (exact) mass is 259 g/mol. The van der Waals surface area contributed by atoms with E-state index in [0.717, 1.165) is 12.0 Å². The van der Waals surface area contributed by atoms with Gasteiger partial charge < -0.3 is 5.32 Å². The van der Waals surface area contributed by atoms with Gasteiger partial charge in [-0.25, -0.2) is 0 Å². The van der Waals surface area contributed by atoms with Gasteiger partial charge in [0.1, 0.15) is 0 Å². The predicted octanol–water partition coefficient (Wildman–Crippen LogP) is 3.88. The van der Waals surface area contributed by atoms with Crippen molar-refractivity contribution in [1.82, 2.24) is 5.32 Å². The molecule has 1 amide bonds. The molecule has 2 heteroatoms. The molecule has 1 aromatic rings. The second kappa shape index (κ2) is 6.23. The molecular weight excluding hydrogens is 234 g/mol. The number of amides is 1. The van der Waals surface area contributed by atoms with E-state index in [4.69, 9.17) is 0 Å². The van der Waals surface area contributed by atoms with Gasteiger partial charge in [-0.05, 0) is 36.3 Å². The lowest BCUT2D eigenvalue weighted by atomic mass is 9.71. The van der Waals surface area contributed by atoms with Crippen molar-refractivity contribution in [3.05, 3.63) is 35.9 Å². The van der Waals surface area contributed by atoms with Crippen molar-refractivity contribution in [2.75, 3.05) is 0 Å². The van der Waals surface area contributed by atoms with Gasteiger partial charge >= 0.3 is 0 Å². The van der Waals surface area contributed by atoms with Crippen LogP contribution in [0.15, 0.2) is 30.3 Å². The molecule has 3 unspecified atom stereocenters. The first kappa shape index (κ1) is 14.1. The summed E-state index contributed by atoms with van der Waals surface area (Å²) in [4.78, 5) is 12.3. The summed E-state index contributed by atoms with van der Waals surface area (Å²) >= 11 is 0. The molecule has 1 aliphatic rings. The molecule has 1 fully saturated rings. The third-order valence-electron chi connectivity index (χ3n) is 4.42. The summed E-state index contributed by atoms with van der Waals surface area (Å²) in [5.74, 6) is 2.00. The van der Waals surface area contributed by atoms with Crippen molar-refractivity contribution in [2.24, 2.45) is 17.8 Å². The highest BCUT2D eigenvalue weighted by molar-refractivity contribution is 5.94. The summed E-state index contributed by atoms with van der Waals surface area (Å²) in [6, 6.07) is 9.86. The first-order valence-electron chi connectivity index (χ1n) is 7.45. The first-order valence-corrected chi connectivity index (χ1v) is 7.45. The van der Waals surface area contributed by atoms with Crippen LogP contribution in [0.25, 0.3) is 0 Å². The van der Waals surface area contributed by atoms with Crippen molar-refractivity contribution in [1.29, 1.82) is 0 Å². The molecule has 1 aliphatic carbocycles. The van der Waals surface area contributed by atoms with Gasteiger partial charge in [0.25, 0.3) is 5.91 Å². The predicted molar refractivity (Wildman–Crippen MR) is 79.0 cm³/mol. The molecule has 1 saturated carbocycles. The maximum Gasteiger partial charge on any atom is 0.251 e. The highest BCUT2D eigenvalue weighted by Crippen LogP contribution is 2.35. The summed E-state index contributed by atoms with van der Waals surface area (Å²) in [6.07, 6.45) is 3.64. The Bertz CT molecular complexity index is 413. The lowest BCUT2D eigenvalue weighted by molar-refractivity contribution is 0.0841. The number of rotatable bonds is 3. The molecule has 0 bridgehead atoms. The van der Waals surface area contributed by atoms with Crippen LogP contribution in [-0.2, 0) is 0 Å². The van der Waals surface area contributed by atoms with Gasteiger partial charge in [0.15, 0.2) is 0 Å². The Balaban J connectivity index is 2.06. The maximum atomic E-state index is 12.3. The molecule has 2 rings (SSSR count). The zero-order chi connectivity index (χ0) is 13.8. The number of carbonyl (C=O) groups excluding carboxylic acids is 1. The van der Waals surface area contributed by atoms with Crippen molar-refractivity contribution >= 4 is 5.91 Å². The van der Waals surface area contributed by atoms with Crippen LogP contribution in [0.1, 0.15) is 50.4 Å². The highest BCUT2D eigenvalue weighted by Gasteiger charge is 2.33. The Morgan fingerprint density at radius 1 is 1.21 bits per heavy atom. The topological polar surface area (TPSA) is 29.1 Å². The highest BCUT2D eigenvalue weighted by atomic mass is 16.1. The van der Waals surface area contributed by atoms with Crippen LogP contribution in [0.4, 0.5) is 0 Å². The van der Waals surface area contributed by atoms with Crippen molar-refractivity contribution in [3.63, 3.8) is 0 Å². The van der Waals surface area contributed by atoms with E-state index < -0.39 is 0 Å². The molecule has 104 valence electrons. The lowest BCUT2D eigenvalue weighted by Crippen LogP contribution is -2.46. The molecule has 2 nitrogen and oxygen atoms in total. The Labute approximate surface area is 116 Å². The Morgan fingerprint density at radius 2 is 1.89 bits per heavy atom. The molecule has 0 aromatic heterocycles. The smallest absolute Gasteiger partial charge is 0.251 e. The third kappa shape index (κ3) is 3.37. The summed E-state index contributed by atoms with van der Waals surface area (Å²) in [5, 5.41) is 3.26. The number of benzene rings is 1. The fourth-order valence-electron chi connectivity index (χ4n) is 3.57. The van der Waals surface area contributed by atoms with Crippen LogP contribution in [0.5, 0.6) is 0 Å². The van der Waals surface area contributed by atoms with E-state index in [1.54, 1.807) is 0 Å². The zero-order valence-electron chi connectivity index (χ0n) is 12.2. The second-order valence-corrected chi connectivity index (χ2v) is 6.18. The first-order chi connectivity index (χ1) is 9.09. The van der Waals surface area contributed by atoms with Crippen LogP contribution < -0.4 is 5.32 Å². The average molecular weight is 259 g/mol. The lowest BCUT2D eigenvalue weighted by Gasteiger charge is -2.39. The van der Waals surface area contributed by atoms with E-state index in [9.17, 15) is 4.79 Å². The molecular formula is C17H25NO. The van der Waals surface area contributed by atoms with E-state index in [2.05, 4.69) is 26.1 Å². The molecule has 1 aromatic carbocycles. The standard InChI is InChI=1S/C17H25NO/c1-12(2)16-13(3)8-7-11-15(16)18-17(19)14-9-5-4-6-10-14/h4-6,9-10,12-13,15-16H,7-8,11H2,1-3H3,(H,18,19). The molecule has 1 N–H and O–H groups in total. The van der Waals surface area contributed by atoms with Crippen LogP contribution >= 0.6 is 0 Å². The number of hydrogen-bond donors (Lipinski definition) is 1. The van der Waals surface area contributed by atoms with Crippen molar-refractivity contribution in [3.8, 4) is 0 Å². The van der Waals surface area contributed by atoms with E-state index in [1.807, 2.05) is 30.3 Å². The summed E-state index contributed by atoms with van der Waals surface area (Å²) in [7, 11) is 0. The van der Waals surface area contributed by atoms with E-state index in [-0.39, 0.29) is 5.91 Å². The second-order valence-electron chi connectivity index (χ2n) is 6.18. The van der Waals surface area contributed by atoms with Gasteiger partial charge in [0, 0.05) is 11.6 Å². The minimum absolute atomic E-state index is 0.0744. The van der Waals surface area contributed by atoms with Crippen molar-refractivity contribution < 1.29 is 4.79 Å². The fraction of sp³-hybridized carbons (Fsp3) is 0.588. The molecule has 0 saturated heterocycles. The van der Waals surface area contributed by atoms with E-state index in [1.165, 1.54) is 12.8 Å². The number of carbonyl (C=O) groups is 1. The Morgan fingerprint density at radius 3 is 2.53 bits per heavy atom. The van der Waals surface area contributed by atoms with Crippen LogP contribution in [0.2, 0.25) is 0 Å². The number of hydrogen-bond acceptors (Lipinski definition) is 1. The minimum Gasteiger partial charge on any atom is -0.349 e. The quantitative estimate of drug-likeness (QED) is 0.877. The summed E-state index contributed by atoms with van der Waals surface area (Å²) in [5.41, 5.74) is 0.767. The average Bonchev–Trinajstić information content (AvgIpc) is 2.39. The minimum atomic E-state index is 0.0744. The normalized spacial score (nSPS) is 27.3. The van der Waals surface area contributed by atoms with Crippen LogP contribution in [0.3, 0.4) is 0 Å². The largest absolute Gasteiger partial charge is 0.349 e. The van der Waals surface area contributed by atoms with Crippen LogP contribution in [0, 0.1) is 17.8 Å². The fourth-order valence-corrected chi connectivity index (χ4v) is 3.57. The van der Waals surface area contributed by atoms with Gasteiger partial charge in [-0.1, -0.05) is 51.8 Å². The Hall–Kier alpha value is -1.31.